The minimum atomic E-state index is -0.0364. The highest BCUT2D eigenvalue weighted by atomic mass is 16.5. The van der Waals surface area contributed by atoms with Crippen molar-refractivity contribution in [2.45, 2.75) is 63.7 Å². The fourth-order valence-corrected chi connectivity index (χ4v) is 4.04. The molecule has 1 amide bonds. The summed E-state index contributed by atoms with van der Waals surface area (Å²) in [7, 11) is 0. The summed E-state index contributed by atoms with van der Waals surface area (Å²) in [6.45, 7) is 9.21. The number of carbonyl (C=O) groups is 1. The number of morpholine rings is 2. The molecule has 2 saturated heterocycles. The fraction of sp³-hybridized carbons (Fsp3) is 0.941. The van der Waals surface area contributed by atoms with Crippen LogP contribution < -0.4 is 0 Å². The van der Waals surface area contributed by atoms with Gasteiger partial charge in [0.15, 0.2) is 0 Å². The van der Waals surface area contributed by atoms with E-state index in [1.807, 2.05) is 4.90 Å². The van der Waals surface area contributed by atoms with Crippen LogP contribution in [0.2, 0.25) is 0 Å². The molecule has 0 aromatic rings. The third-order valence-corrected chi connectivity index (χ3v) is 5.42. The van der Waals surface area contributed by atoms with Gasteiger partial charge in [0.25, 0.3) is 0 Å². The second kappa shape index (κ2) is 6.85. The van der Waals surface area contributed by atoms with Gasteiger partial charge in [-0.2, -0.15) is 0 Å². The lowest BCUT2D eigenvalue weighted by atomic mass is 9.99. The number of hydrogen-bond acceptors (Lipinski definition) is 4. The van der Waals surface area contributed by atoms with Gasteiger partial charge in [0, 0.05) is 32.2 Å². The predicted octanol–water partition coefficient (Wildman–Crippen LogP) is 1.66. The van der Waals surface area contributed by atoms with Crippen LogP contribution in [-0.2, 0) is 14.3 Å². The van der Waals surface area contributed by atoms with Crippen LogP contribution in [0.4, 0.5) is 0 Å². The zero-order valence-electron chi connectivity index (χ0n) is 14.1. The lowest BCUT2D eigenvalue weighted by Crippen LogP contribution is -2.54. The molecule has 1 saturated carbocycles. The molecule has 0 bridgehead atoms. The van der Waals surface area contributed by atoms with Crippen LogP contribution in [0, 0.1) is 0 Å². The van der Waals surface area contributed by atoms with Crippen molar-refractivity contribution in [3.63, 3.8) is 0 Å². The average molecular weight is 310 g/mol. The molecule has 3 aliphatic rings. The zero-order chi connectivity index (χ0) is 15.6. The number of carbonyl (C=O) groups excluding carboxylic acids is 1. The summed E-state index contributed by atoms with van der Waals surface area (Å²) >= 11 is 0. The van der Waals surface area contributed by atoms with E-state index in [0.717, 1.165) is 45.6 Å². The van der Waals surface area contributed by atoms with Crippen LogP contribution in [0.5, 0.6) is 0 Å². The largest absolute Gasteiger partial charge is 0.375 e. The van der Waals surface area contributed by atoms with Crippen molar-refractivity contribution in [3.05, 3.63) is 0 Å². The summed E-state index contributed by atoms with van der Waals surface area (Å²) in [5.74, 6) is 0.241. The molecule has 3 fully saturated rings. The van der Waals surface area contributed by atoms with E-state index in [0.29, 0.717) is 19.1 Å². The number of ether oxygens (including phenoxy) is 2. The molecule has 0 aromatic carbocycles. The van der Waals surface area contributed by atoms with Gasteiger partial charge in [0.05, 0.1) is 31.3 Å². The number of amides is 1. The Hall–Kier alpha value is -0.650. The summed E-state index contributed by atoms with van der Waals surface area (Å²) in [5.41, 5.74) is -0.0364. The Morgan fingerprint density at radius 1 is 1.23 bits per heavy atom. The summed E-state index contributed by atoms with van der Waals surface area (Å²) in [4.78, 5) is 17.1. The molecule has 2 aliphatic heterocycles. The van der Waals surface area contributed by atoms with E-state index < -0.39 is 0 Å². The Kier molecular flexibility index (Phi) is 5.05. The van der Waals surface area contributed by atoms with Crippen molar-refractivity contribution in [2.24, 2.45) is 0 Å². The van der Waals surface area contributed by atoms with E-state index in [1.165, 1.54) is 12.8 Å². The Labute approximate surface area is 133 Å². The van der Waals surface area contributed by atoms with Gasteiger partial charge in [-0.1, -0.05) is 12.8 Å². The Balaban J connectivity index is 1.53. The molecule has 1 unspecified atom stereocenters. The third kappa shape index (κ3) is 3.63. The summed E-state index contributed by atoms with van der Waals surface area (Å²) < 4.78 is 11.8. The molecule has 1 spiro atoms. The first-order chi connectivity index (χ1) is 10.6. The third-order valence-electron chi connectivity index (χ3n) is 5.42. The van der Waals surface area contributed by atoms with Gasteiger partial charge < -0.3 is 14.4 Å². The minimum absolute atomic E-state index is 0.0364. The van der Waals surface area contributed by atoms with Crippen LogP contribution in [0.1, 0.15) is 46.0 Å². The lowest BCUT2D eigenvalue weighted by molar-refractivity contribution is -0.154. The van der Waals surface area contributed by atoms with E-state index >= 15 is 0 Å². The smallest absolute Gasteiger partial charge is 0.225 e. The van der Waals surface area contributed by atoms with Gasteiger partial charge >= 0.3 is 0 Å². The standard InChI is InChI=1S/C17H30N2O3/c1-14(2)18-7-9-21-15(12-18)11-16(20)19-8-10-22-17(13-19)5-3-4-6-17/h14-15H,3-13H2,1-2H3. The Morgan fingerprint density at radius 2 is 2.00 bits per heavy atom. The molecule has 1 aliphatic carbocycles. The first-order valence-electron chi connectivity index (χ1n) is 8.85. The molecular weight excluding hydrogens is 280 g/mol. The van der Waals surface area contributed by atoms with Gasteiger partial charge in [-0.05, 0) is 26.7 Å². The van der Waals surface area contributed by atoms with Crippen LogP contribution >= 0.6 is 0 Å². The van der Waals surface area contributed by atoms with Crippen molar-refractivity contribution in [1.29, 1.82) is 0 Å². The fourth-order valence-electron chi connectivity index (χ4n) is 4.04. The summed E-state index contributed by atoms with van der Waals surface area (Å²) in [5, 5.41) is 0. The van der Waals surface area contributed by atoms with Crippen molar-refractivity contribution in [3.8, 4) is 0 Å². The first-order valence-corrected chi connectivity index (χ1v) is 8.85. The maximum absolute atomic E-state index is 12.7. The van der Waals surface area contributed by atoms with E-state index in [9.17, 15) is 4.79 Å². The normalized spacial score (nSPS) is 29.4. The molecule has 0 radical (unpaired) electrons. The highest BCUT2D eigenvalue weighted by Gasteiger charge is 2.41. The second-order valence-corrected chi connectivity index (χ2v) is 7.34. The molecule has 5 heteroatoms. The Morgan fingerprint density at radius 3 is 2.73 bits per heavy atom. The summed E-state index contributed by atoms with van der Waals surface area (Å²) in [6, 6.07) is 0.520. The average Bonchev–Trinajstić information content (AvgIpc) is 2.95. The molecule has 1 atom stereocenters. The number of nitrogens with zero attached hydrogens (tertiary/aromatic N) is 2. The van der Waals surface area contributed by atoms with Crippen LogP contribution in [0.3, 0.4) is 0 Å². The van der Waals surface area contributed by atoms with E-state index in [4.69, 9.17) is 9.47 Å². The maximum atomic E-state index is 12.7. The van der Waals surface area contributed by atoms with E-state index in [-0.39, 0.29) is 17.6 Å². The quantitative estimate of drug-likeness (QED) is 0.795. The second-order valence-electron chi connectivity index (χ2n) is 7.34. The van der Waals surface area contributed by atoms with Gasteiger partial charge in [0.2, 0.25) is 5.91 Å². The van der Waals surface area contributed by atoms with E-state index in [1.54, 1.807) is 0 Å². The lowest BCUT2D eigenvalue weighted by Gasteiger charge is -2.41. The molecule has 22 heavy (non-hydrogen) atoms. The van der Waals surface area contributed by atoms with Crippen molar-refractivity contribution in [1.82, 2.24) is 9.80 Å². The van der Waals surface area contributed by atoms with Crippen molar-refractivity contribution < 1.29 is 14.3 Å². The molecule has 0 N–H and O–H groups in total. The zero-order valence-corrected chi connectivity index (χ0v) is 14.1. The van der Waals surface area contributed by atoms with Gasteiger partial charge in [-0.25, -0.2) is 0 Å². The monoisotopic (exact) mass is 310 g/mol. The van der Waals surface area contributed by atoms with Crippen molar-refractivity contribution >= 4 is 5.91 Å². The Bertz CT molecular complexity index is 393. The molecule has 2 heterocycles. The topological polar surface area (TPSA) is 42.0 Å². The van der Waals surface area contributed by atoms with Gasteiger partial charge in [0.1, 0.15) is 0 Å². The van der Waals surface area contributed by atoms with Crippen molar-refractivity contribution in [2.75, 3.05) is 39.4 Å². The SMILES string of the molecule is CC(C)N1CCOC(CC(=O)N2CCOC3(CCCC3)C2)C1. The molecule has 3 rings (SSSR count). The minimum Gasteiger partial charge on any atom is -0.375 e. The highest BCUT2D eigenvalue weighted by Crippen LogP contribution is 2.36. The molecule has 5 nitrogen and oxygen atoms in total. The number of hydrogen-bond donors (Lipinski definition) is 0. The highest BCUT2D eigenvalue weighted by molar-refractivity contribution is 5.77. The first kappa shape index (κ1) is 16.2. The predicted molar refractivity (Wildman–Crippen MR) is 84.8 cm³/mol. The van der Waals surface area contributed by atoms with E-state index in [2.05, 4.69) is 18.7 Å². The van der Waals surface area contributed by atoms with Crippen LogP contribution in [0.25, 0.3) is 0 Å². The maximum Gasteiger partial charge on any atom is 0.225 e. The molecule has 126 valence electrons. The van der Waals surface area contributed by atoms with Crippen LogP contribution in [0.15, 0.2) is 0 Å². The molecule has 0 aromatic heterocycles. The van der Waals surface area contributed by atoms with Gasteiger partial charge in [-0.3, -0.25) is 9.69 Å². The van der Waals surface area contributed by atoms with Crippen LogP contribution in [-0.4, -0.2) is 72.8 Å². The molecular formula is C17H30N2O3. The number of rotatable bonds is 3. The summed E-state index contributed by atoms with van der Waals surface area (Å²) in [6.07, 6.45) is 5.24. The van der Waals surface area contributed by atoms with Gasteiger partial charge in [-0.15, -0.1) is 0 Å².